The molecule has 3 atom stereocenters. The van der Waals surface area contributed by atoms with Crippen molar-refractivity contribution in [1.82, 2.24) is 0 Å². The highest BCUT2D eigenvalue weighted by Gasteiger charge is 2.38. The zero-order valence-electron chi connectivity index (χ0n) is 19.3. The van der Waals surface area contributed by atoms with Gasteiger partial charge in [0.2, 0.25) is 0 Å². The third kappa shape index (κ3) is 3.82. The Morgan fingerprint density at radius 1 is 0.944 bits per heavy atom. The van der Waals surface area contributed by atoms with Gasteiger partial charge >= 0.3 is 5.97 Å². The summed E-state index contributed by atoms with van der Waals surface area (Å²) in [6.45, 7) is 0. The van der Waals surface area contributed by atoms with Gasteiger partial charge in [-0.25, -0.2) is 13.2 Å². The van der Waals surface area contributed by atoms with E-state index in [0.29, 0.717) is 5.69 Å². The summed E-state index contributed by atoms with van der Waals surface area (Å²) in [6.07, 6.45) is 5.14. The van der Waals surface area contributed by atoms with Crippen molar-refractivity contribution in [2.45, 2.75) is 23.3 Å². The van der Waals surface area contributed by atoms with E-state index in [1.54, 1.807) is 30.3 Å². The van der Waals surface area contributed by atoms with Crippen LogP contribution in [0.5, 0.6) is 0 Å². The lowest BCUT2D eigenvalue weighted by Gasteiger charge is -2.37. The topological polar surface area (TPSA) is 95.5 Å². The van der Waals surface area contributed by atoms with Crippen LogP contribution in [0, 0.1) is 5.92 Å². The summed E-state index contributed by atoms with van der Waals surface area (Å²) in [7, 11) is -3.80. The van der Waals surface area contributed by atoms with Gasteiger partial charge in [-0.3, -0.25) is 4.72 Å². The zero-order chi connectivity index (χ0) is 24.9. The van der Waals surface area contributed by atoms with E-state index in [-0.39, 0.29) is 28.3 Å². The Bertz CT molecular complexity index is 1620. The number of carbonyl (C=O) groups is 1. The van der Waals surface area contributed by atoms with Gasteiger partial charge in [0.1, 0.15) is 0 Å². The number of hydrogen-bond donors (Lipinski definition) is 3. The van der Waals surface area contributed by atoms with Crippen LogP contribution in [-0.2, 0) is 10.0 Å². The van der Waals surface area contributed by atoms with Crippen molar-refractivity contribution < 1.29 is 18.3 Å². The largest absolute Gasteiger partial charge is 0.478 e. The van der Waals surface area contributed by atoms with Crippen LogP contribution >= 0.6 is 0 Å². The van der Waals surface area contributed by atoms with Crippen molar-refractivity contribution >= 4 is 38.1 Å². The second-order valence-corrected chi connectivity index (χ2v) is 11.0. The fourth-order valence-corrected chi connectivity index (χ4v) is 6.54. The average molecular weight is 497 g/mol. The molecule has 1 heterocycles. The minimum atomic E-state index is -3.80. The van der Waals surface area contributed by atoms with Crippen molar-refractivity contribution in [3.8, 4) is 0 Å². The second kappa shape index (κ2) is 8.53. The minimum Gasteiger partial charge on any atom is -0.478 e. The third-order valence-electron chi connectivity index (χ3n) is 7.20. The molecule has 4 aromatic rings. The Labute approximate surface area is 209 Å². The van der Waals surface area contributed by atoms with Crippen molar-refractivity contribution in [3.63, 3.8) is 0 Å². The van der Waals surface area contributed by atoms with E-state index in [1.165, 1.54) is 0 Å². The number of allylic oxidation sites excluding steroid dienone is 2. The summed E-state index contributed by atoms with van der Waals surface area (Å²) in [5.74, 6) is -0.676. The van der Waals surface area contributed by atoms with Gasteiger partial charge in [-0.2, -0.15) is 0 Å². The van der Waals surface area contributed by atoms with E-state index in [9.17, 15) is 18.3 Å². The fraction of sp³-hybridized carbons (Fsp3) is 0.138. The molecule has 0 spiro atoms. The summed E-state index contributed by atoms with van der Waals surface area (Å²) in [5, 5.41) is 14.6. The van der Waals surface area contributed by atoms with E-state index in [1.807, 2.05) is 54.6 Å². The molecular weight excluding hydrogens is 472 g/mol. The van der Waals surface area contributed by atoms with Crippen molar-refractivity contribution in [2.24, 2.45) is 5.92 Å². The maximum atomic E-state index is 13.4. The zero-order valence-corrected chi connectivity index (χ0v) is 20.1. The molecule has 3 N–H and O–H groups in total. The molecule has 0 unspecified atom stereocenters. The van der Waals surface area contributed by atoms with Crippen LogP contribution in [0.3, 0.4) is 0 Å². The maximum absolute atomic E-state index is 13.4. The molecule has 36 heavy (non-hydrogen) atoms. The van der Waals surface area contributed by atoms with E-state index in [2.05, 4.69) is 22.2 Å². The molecule has 0 fully saturated rings. The lowest BCUT2D eigenvalue weighted by atomic mass is 9.77. The van der Waals surface area contributed by atoms with Gasteiger partial charge in [-0.05, 0) is 65.3 Å². The van der Waals surface area contributed by atoms with Crippen molar-refractivity contribution in [3.05, 3.63) is 114 Å². The van der Waals surface area contributed by atoms with Crippen LogP contribution in [0.15, 0.2) is 102 Å². The predicted octanol–water partition coefficient (Wildman–Crippen LogP) is 6.17. The maximum Gasteiger partial charge on any atom is 0.335 e. The molecule has 0 amide bonds. The fourth-order valence-electron chi connectivity index (χ4n) is 5.42. The smallest absolute Gasteiger partial charge is 0.335 e. The number of benzene rings is 4. The Kier molecular flexibility index (Phi) is 5.30. The Hall–Kier alpha value is -4.10. The molecule has 7 heteroatoms. The normalized spacial score (nSPS) is 20.4. The Morgan fingerprint density at radius 2 is 1.72 bits per heavy atom. The number of fused-ring (bicyclic) bond motifs is 4. The Balaban J connectivity index is 1.33. The highest BCUT2D eigenvalue weighted by Crippen LogP contribution is 2.50. The van der Waals surface area contributed by atoms with Crippen LogP contribution in [0.4, 0.5) is 11.4 Å². The van der Waals surface area contributed by atoms with Crippen LogP contribution in [-0.4, -0.2) is 19.5 Å². The standard InChI is InChI=1S/C29H24N2O4S/c32-29(33)20-13-11-19(12-14-20)28-24-9-4-8-23(24)25-17-21(15-16-26(25)30-28)36(34,35)31-27-10-3-6-18-5-1-2-7-22(18)27/h1-8,10-17,23-24,28,30-31H,9H2,(H,32,33)/t23-,24-,28-/m1/s1. The number of carboxylic acids is 1. The number of aromatic carboxylic acids is 1. The average Bonchev–Trinajstić information content (AvgIpc) is 3.38. The van der Waals surface area contributed by atoms with Crippen LogP contribution in [0.25, 0.3) is 10.8 Å². The molecule has 2 aliphatic rings. The SMILES string of the molecule is O=C(O)c1ccc([C@H]2Nc3ccc(S(=O)(=O)Nc4cccc5ccccc45)cc3[C@@H]3C=CC[C@@H]23)cc1. The van der Waals surface area contributed by atoms with Gasteiger partial charge in [0, 0.05) is 17.0 Å². The molecule has 0 bridgehead atoms. The summed E-state index contributed by atoms with van der Waals surface area (Å²) >= 11 is 0. The second-order valence-electron chi connectivity index (χ2n) is 9.28. The summed E-state index contributed by atoms with van der Waals surface area (Å²) in [4.78, 5) is 11.5. The van der Waals surface area contributed by atoms with E-state index < -0.39 is 16.0 Å². The van der Waals surface area contributed by atoms with Crippen LogP contribution in [0.1, 0.15) is 39.9 Å². The number of rotatable bonds is 5. The van der Waals surface area contributed by atoms with Crippen LogP contribution < -0.4 is 10.0 Å². The first-order chi connectivity index (χ1) is 17.4. The number of sulfonamides is 1. The molecule has 180 valence electrons. The highest BCUT2D eigenvalue weighted by molar-refractivity contribution is 7.92. The molecule has 1 aliphatic carbocycles. The molecule has 0 saturated carbocycles. The monoisotopic (exact) mass is 496 g/mol. The number of anilines is 2. The molecule has 1 aliphatic heterocycles. The molecule has 0 saturated heterocycles. The summed E-state index contributed by atoms with van der Waals surface area (Å²) in [6, 6.07) is 25.4. The van der Waals surface area contributed by atoms with E-state index in [4.69, 9.17) is 0 Å². The van der Waals surface area contributed by atoms with Gasteiger partial charge in [0.15, 0.2) is 0 Å². The lowest BCUT2D eigenvalue weighted by molar-refractivity contribution is 0.0697. The molecular formula is C29H24N2O4S. The molecule has 6 nitrogen and oxygen atoms in total. The van der Waals surface area contributed by atoms with Crippen molar-refractivity contribution in [2.75, 3.05) is 10.0 Å². The predicted molar refractivity (Wildman–Crippen MR) is 141 cm³/mol. The Morgan fingerprint density at radius 3 is 2.53 bits per heavy atom. The van der Waals surface area contributed by atoms with E-state index in [0.717, 1.165) is 34.0 Å². The van der Waals surface area contributed by atoms with Gasteiger partial charge in [0.25, 0.3) is 10.0 Å². The number of carboxylic acid groups (broad SMARTS) is 1. The molecule has 0 aromatic heterocycles. The first-order valence-corrected chi connectivity index (χ1v) is 13.3. The minimum absolute atomic E-state index is 0.00314. The quantitative estimate of drug-likeness (QED) is 0.287. The number of nitrogens with one attached hydrogen (secondary N) is 2. The summed E-state index contributed by atoms with van der Waals surface area (Å²) < 4.78 is 29.6. The third-order valence-corrected chi connectivity index (χ3v) is 8.56. The summed E-state index contributed by atoms with van der Waals surface area (Å²) in [5.41, 5.74) is 3.66. The van der Waals surface area contributed by atoms with Gasteiger partial charge in [-0.15, -0.1) is 0 Å². The first kappa shape index (κ1) is 22.4. The van der Waals surface area contributed by atoms with Gasteiger partial charge < -0.3 is 10.4 Å². The number of hydrogen-bond acceptors (Lipinski definition) is 4. The van der Waals surface area contributed by atoms with Gasteiger partial charge in [0.05, 0.1) is 22.2 Å². The molecule has 0 radical (unpaired) electrons. The molecule has 6 rings (SSSR count). The highest BCUT2D eigenvalue weighted by atomic mass is 32.2. The van der Waals surface area contributed by atoms with Crippen molar-refractivity contribution in [1.29, 1.82) is 0 Å². The lowest BCUT2D eigenvalue weighted by Crippen LogP contribution is -2.29. The molecule has 4 aromatic carbocycles. The van der Waals surface area contributed by atoms with Crippen LogP contribution in [0.2, 0.25) is 0 Å². The first-order valence-electron chi connectivity index (χ1n) is 11.8. The van der Waals surface area contributed by atoms with E-state index >= 15 is 0 Å². The van der Waals surface area contributed by atoms with Gasteiger partial charge in [-0.1, -0.05) is 60.7 Å².